The molecule has 3 heterocycles. The lowest BCUT2D eigenvalue weighted by atomic mass is 9.93. The number of aryl methyl sites for hydroxylation is 2. The standard InChI is InChI=1S/C17H24N4O2/c1-12-16(13(2)23-20-12)5-6-17(22)21-9-3-4-14(11-21)10-15-7-8-18-19-15/h7-8,14H,3-6,9-11H2,1-2H3,(H,18,19). The van der Waals surface area contributed by atoms with Crippen molar-refractivity contribution in [2.45, 2.75) is 46.0 Å². The minimum Gasteiger partial charge on any atom is -0.361 e. The van der Waals surface area contributed by atoms with E-state index < -0.39 is 0 Å². The zero-order chi connectivity index (χ0) is 16.2. The summed E-state index contributed by atoms with van der Waals surface area (Å²) in [6, 6.07) is 2.01. The second kappa shape index (κ2) is 6.98. The SMILES string of the molecule is Cc1noc(C)c1CCC(=O)N1CCCC(Cc2ccn[nH]2)C1. The molecule has 1 atom stereocenters. The van der Waals surface area contributed by atoms with Gasteiger partial charge >= 0.3 is 0 Å². The highest BCUT2D eigenvalue weighted by Gasteiger charge is 2.24. The molecule has 6 heteroatoms. The van der Waals surface area contributed by atoms with Crippen LogP contribution in [0.1, 0.15) is 42.0 Å². The number of carbonyl (C=O) groups excluding carboxylic acids is 1. The van der Waals surface area contributed by atoms with Crippen LogP contribution in [0, 0.1) is 19.8 Å². The van der Waals surface area contributed by atoms with Crippen molar-refractivity contribution in [3.63, 3.8) is 0 Å². The van der Waals surface area contributed by atoms with Gasteiger partial charge in [0.25, 0.3) is 0 Å². The van der Waals surface area contributed by atoms with Gasteiger partial charge in [0, 0.05) is 37.0 Å². The summed E-state index contributed by atoms with van der Waals surface area (Å²) in [5, 5.41) is 11.0. The minimum atomic E-state index is 0.235. The number of rotatable bonds is 5. The first-order valence-corrected chi connectivity index (χ1v) is 8.31. The molecule has 1 aliphatic heterocycles. The second-order valence-electron chi connectivity index (χ2n) is 6.44. The number of amides is 1. The topological polar surface area (TPSA) is 75.0 Å². The first kappa shape index (κ1) is 15.8. The normalized spacial score (nSPS) is 18.3. The van der Waals surface area contributed by atoms with Gasteiger partial charge in [-0.05, 0) is 51.5 Å². The molecule has 124 valence electrons. The Morgan fingerprint density at radius 3 is 3.04 bits per heavy atom. The van der Waals surface area contributed by atoms with E-state index >= 15 is 0 Å². The molecule has 0 bridgehead atoms. The van der Waals surface area contributed by atoms with Crippen LogP contribution < -0.4 is 0 Å². The molecule has 1 amide bonds. The van der Waals surface area contributed by atoms with Gasteiger partial charge in [0.05, 0.1) is 5.69 Å². The van der Waals surface area contributed by atoms with Crippen molar-refractivity contribution >= 4 is 5.91 Å². The number of hydrogen-bond donors (Lipinski definition) is 1. The Kier molecular flexibility index (Phi) is 4.79. The number of nitrogens with one attached hydrogen (secondary N) is 1. The highest BCUT2D eigenvalue weighted by atomic mass is 16.5. The lowest BCUT2D eigenvalue weighted by Crippen LogP contribution is -2.40. The Morgan fingerprint density at radius 2 is 2.35 bits per heavy atom. The predicted octanol–water partition coefficient (Wildman–Crippen LogP) is 2.43. The number of aromatic nitrogens is 3. The van der Waals surface area contributed by atoms with Crippen molar-refractivity contribution in [2.75, 3.05) is 13.1 Å². The van der Waals surface area contributed by atoms with Crippen LogP contribution in [-0.4, -0.2) is 39.3 Å². The highest BCUT2D eigenvalue weighted by molar-refractivity contribution is 5.76. The molecule has 3 rings (SSSR count). The number of H-pyrrole nitrogens is 1. The number of nitrogens with zero attached hydrogens (tertiary/aromatic N) is 3. The molecule has 0 spiro atoms. The summed E-state index contributed by atoms with van der Waals surface area (Å²) < 4.78 is 5.16. The van der Waals surface area contributed by atoms with E-state index in [0.717, 1.165) is 48.6 Å². The number of hydrogen-bond acceptors (Lipinski definition) is 4. The Bertz CT molecular complexity index is 628. The second-order valence-corrected chi connectivity index (χ2v) is 6.44. The number of likely N-dealkylation sites (tertiary alicyclic amines) is 1. The maximum Gasteiger partial charge on any atom is 0.222 e. The summed E-state index contributed by atoms with van der Waals surface area (Å²) in [6.07, 6.45) is 6.24. The minimum absolute atomic E-state index is 0.235. The van der Waals surface area contributed by atoms with Gasteiger partial charge in [0.2, 0.25) is 5.91 Å². The largest absolute Gasteiger partial charge is 0.361 e. The number of piperidine rings is 1. The molecule has 1 aliphatic rings. The lowest BCUT2D eigenvalue weighted by molar-refractivity contribution is -0.133. The van der Waals surface area contributed by atoms with Crippen molar-refractivity contribution < 1.29 is 9.32 Å². The fourth-order valence-corrected chi connectivity index (χ4v) is 3.42. The van der Waals surface area contributed by atoms with E-state index in [1.807, 2.05) is 24.8 Å². The fraction of sp³-hybridized carbons (Fsp3) is 0.588. The van der Waals surface area contributed by atoms with Gasteiger partial charge in [0.15, 0.2) is 0 Å². The van der Waals surface area contributed by atoms with Gasteiger partial charge in [-0.3, -0.25) is 9.89 Å². The van der Waals surface area contributed by atoms with Gasteiger partial charge in [-0.25, -0.2) is 0 Å². The molecule has 1 fully saturated rings. The summed E-state index contributed by atoms with van der Waals surface area (Å²) >= 11 is 0. The van der Waals surface area contributed by atoms with Crippen molar-refractivity contribution in [3.8, 4) is 0 Å². The monoisotopic (exact) mass is 316 g/mol. The Hall–Kier alpha value is -2.11. The van der Waals surface area contributed by atoms with Gasteiger partial charge in [-0.2, -0.15) is 5.10 Å². The van der Waals surface area contributed by atoms with Crippen LogP contribution in [0.3, 0.4) is 0 Å². The summed E-state index contributed by atoms with van der Waals surface area (Å²) in [6.45, 7) is 5.55. The van der Waals surface area contributed by atoms with Crippen LogP contribution in [0.15, 0.2) is 16.8 Å². The molecule has 0 radical (unpaired) electrons. The van der Waals surface area contributed by atoms with E-state index in [9.17, 15) is 4.79 Å². The van der Waals surface area contributed by atoms with Crippen LogP contribution in [0.25, 0.3) is 0 Å². The van der Waals surface area contributed by atoms with Gasteiger partial charge < -0.3 is 9.42 Å². The van der Waals surface area contributed by atoms with Crippen LogP contribution >= 0.6 is 0 Å². The number of carbonyl (C=O) groups is 1. The zero-order valence-electron chi connectivity index (χ0n) is 13.8. The van der Waals surface area contributed by atoms with E-state index in [1.165, 1.54) is 6.42 Å². The Morgan fingerprint density at radius 1 is 1.48 bits per heavy atom. The van der Waals surface area contributed by atoms with E-state index in [0.29, 0.717) is 18.8 Å². The smallest absolute Gasteiger partial charge is 0.222 e. The molecule has 2 aromatic heterocycles. The predicted molar refractivity (Wildman–Crippen MR) is 85.9 cm³/mol. The van der Waals surface area contributed by atoms with Crippen molar-refractivity contribution in [1.29, 1.82) is 0 Å². The van der Waals surface area contributed by atoms with Crippen molar-refractivity contribution in [2.24, 2.45) is 5.92 Å². The van der Waals surface area contributed by atoms with E-state index in [4.69, 9.17) is 4.52 Å². The van der Waals surface area contributed by atoms with Crippen LogP contribution in [0.4, 0.5) is 0 Å². The molecule has 1 N–H and O–H groups in total. The molecule has 0 aromatic carbocycles. The van der Waals surface area contributed by atoms with Gasteiger partial charge in [0.1, 0.15) is 5.76 Å². The molecule has 0 saturated carbocycles. The summed E-state index contributed by atoms with van der Waals surface area (Å²) in [7, 11) is 0. The molecule has 0 aliphatic carbocycles. The first-order valence-electron chi connectivity index (χ1n) is 8.31. The summed E-state index contributed by atoms with van der Waals surface area (Å²) in [4.78, 5) is 14.5. The van der Waals surface area contributed by atoms with Crippen LogP contribution in [0.5, 0.6) is 0 Å². The Labute approximate surface area is 136 Å². The molecular formula is C17H24N4O2. The van der Waals surface area contributed by atoms with Gasteiger partial charge in [-0.15, -0.1) is 0 Å². The summed E-state index contributed by atoms with van der Waals surface area (Å²) in [5.74, 6) is 1.58. The third kappa shape index (κ3) is 3.81. The lowest BCUT2D eigenvalue weighted by Gasteiger charge is -2.32. The summed E-state index contributed by atoms with van der Waals surface area (Å²) in [5.41, 5.74) is 3.12. The van der Waals surface area contributed by atoms with Crippen LogP contribution in [0.2, 0.25) is 0 Å². The molecule has 1 saturated heterocycles. The molecule has 23 heavy (non-hydrogen) atoms. The third-order valence-corrected chi connectivity index (χ3v) is 4.71. The highest BCUT2D eigenvalue weighted by Crippen LogP contribution is 2.21. The maximum atomic E-state index is 12.5. The van der Waals surface area contributed by atoms with E-state index in [-0.39, 0.29) is 5.91 Å². The number of aromatic amines is 1. The zero-order valence-corrected chi connectivity index (χ0v) is 13.8. The third-order valence-electron chi connectivity index (χ3n) is 4.71. The van der Waals surface area contributed by atoms with Crippen molar-refractivity contribution in [1.82, 2.24) is 20.3 Å². The average molecular weight is 316 g/mol. The van der Waals surface area contributed by atoms with Gasteiger partial charge in [-0.1, -0.05) is 5.16 Å². The average Bonchev–Trinajstić information content (AvgIpc) is 3.16. The quantitative estimate of drug-likeness (QED) is 0.919. The van der Waals surface area contributed by atoms with E-state index in [2.05, 4.69) is 15.4 Å². The molecule has 2 aromatic rings. The van der Waals surface area contributed by atoms with Crippen molar-refractivity contribution in [3.05, 3.63) is 35.0 Å². The first-order chi connectivity index (χ1) is 11.1. The maximum absolute atomic E-state index is 12.5. The molecule has 1 unspecified atom stereocenters. The Balaban J connectivity index is 1.52. The van der Waals surface area contributed by atoms with Crippen LogP contribution in [-0.2, 0) is 17.6 Å². The van der Waals surface area contributed by atoms with E-state index in [1.54, 1.807) is 6.20 Å². The molecular weight excluding hydrogens is 292 g/mol. The fourth-order valence-electron chi connectivity index (χ4n) is 3.42. The molecule has 6 nitrogen and oxygen atoms in total.